The molecule has 3 nitrogen and oxygen atoms in total. The van der Waals surface area contributed by atoms with Crippen molar-refractivity contribution in [1.29, 1.82) is 0 Å². The second-order valence-electron chi connectivity index (χ2n) is 4.72. The van der Waals surface area contributed by atoms with Gasteiger partial charge in [-0.15, -0.1) is 0 Å². The van der Waals surface area contributed by atoms with Crippen LogP contribution in [0.4, 0.5) is 10.1 Å². The van der Waals surface area contributed by atoms with E-state index >= 15 is 0 Å². The molecule has 21 heavy (non-hydrogen) atoms. The van der Waals surface area contributed by atoms with Crippen LogP contribution in [0.25, 0.3) is 0 Å². The number of thioether (sulfide) groups is 1. The van der Waals surface area contributed by atoms with Gasteiger partial charge in [-0.25, -0.2) is 9.38 Å². The van der Waals surface area contributed by atoms with E-state index in [1.165, 1.54) is 17.7 Å². The fraction of sp³-hybridized carbons (Fsp3) is 0.125. The van der Waals surface area contributed by atoms with Gasteiger partial charge in [0.2, 0.25) is 0 Å². The minimum atomic E-state index is -0.261. The summed E-state index contributed by atoms with van der Waals surface area (Å²) in [5.41, 5.74) is 7.00. The lowest BCUT2D eigenvalue weighted by molar-refractivity contribution is 0.628. The fourth-order valence-corrected chi connectivity index (χ4v) is 2.69. The molecule has 1 heterocycles. The Morgan fingerprint density at radius 3 is 2.43 bits per heavy atom. The predicted molar refractivity (Wildman–Crippen MR) is 86.8 cm³/mol. The first-order valence-corrected chi connectivity index (χ1v) is 7.56. The van der Waals surface area contributed by atoms with Gasteiger partial charge in [0.15, 0.2) is 5.17 Å². The molecule has 0 atom stereocenters. The van der Waals surface area contributed by atoms with Crippen LogP contribution in [0, 0.1) is 12.7 Å². The Kier molecular flexibility index (Phi) is 4.01. The van der Waals surface area contributed by atoms with Gasteiger partial charge in [-0.3, -0.25) is 5.43 Å². The van der Waals surface area contributed by atoms with Crippen molar-refractivity contribution in [3.63, 3.8) is 0 Å². The van der Waals surface area contributed by atoms with Crippen LogP contribution in [0.15, 0.2) is 58.6 Å². The standard InChI is InChI=1S/C16H14FN3S/c1-11-2-4-12(5-3-11)15-10-21-16(20-19-15)18-14-8-6-13(17)7-9-14/h2-9H,10H2,1H3,(H,18,20). The molecule has 2 aromatic carbocycles. The summed E-state index contributed by atoms with van der Waals surface area (Å²) in [5, 5.41) is 5.09. The van der Waals surface area contributed by atoms with Crippen molar-refractivity contribution in [2.75, 3.05) is 5.75 Å². The largest absolute Gasteiger partial charge is 0.255 e. The molecule has 0 saturated carbocycles. The Bertz CT molecular complexity index is 690. The van der Waals surface area contributed by atoms with Gasteiger partial charge in [0.1, 0.15) is 5.82 Å². The normalized spacial score (nSPS) is 16.5. The molecule has 106 valence electrons. The molecule has 0 fully saturated rings. The Morgan fingerprint density at radius 2 is 1.81 bits per heavy atom. The topological polar surface area (TPSA) is 36.8 Å². The number of nitrogens with zero attached hydrogens (tertiary/aromatic N) is 2. The van der Waals surface area contributed by atoms with E-state index in [2.05, 4.69) is 46.7 Å². The summed E-state index contributed by atoms with van der Waals surface area (Å²) in [6, 6.07) is 14.4. The summed E-state index contributed by atoms with van der Waals surface area (Å²) in [5.74, 6) is 0.499. The molecule has 0 bridgehead atoms. The second-order valence-corrected chi connectivity index (χ2v) is 5.68. The van der Waals surface area contributed by atoms with E-state index in [0.29, 0.717) is 5.69 Å². The fourth-order valence-electron chi connectivity index (χ4n) is 1.90. The van der Waals surface area contributed by atoms with E-state index in [0.717, 1.165) is 22.2 Å². The van der Waals surface area contributed by atoms with E-state index in [1.54, 1.807) is 23.9 Å². The lowest BCUT2D eigenvalue weighted by Crippen LogP contribution is -2.25. The molecule has 0 amide bonds. The number of nitrogens with one attached hydrogen (secondary N) is 1. The SMILES string of the molecule is Cc1ccc(C2=NNC(=Nc3ccc(F)cc3)SC2)cc1. The first-order chi connectivity index (χ1) is 10.2. The van der Waals surface area contributed by atoms with E-state index in [4.69, 9.17) is 0 Å². The quantitative estimate of drug-likeness (QED) is 0.914. The summed E-state index contributed by atoms with van der Waals surface area (Å²) >= 11 is 1.58. The molecule has 0 aromatic heterocycles. The van der Waals surface area contributed by atoms with E-state index < -0.39 is 0 Å². The molecule has 3 rings (SSSR count). The number of aryl methyl sites for hydroxylation is 1. The number of rotatable bonds is 2. The maximum absolute atomic E-state index is 12.8. The third kappa shape index (κ3) is 3.49. The van der Waals surface area contributed by atoms with Gasteiger partial charge >= 0.3 is 0 Å². The van der Waals surface area contributed by atoms with E-state index in [9.17, 15) is 4.39 Å². The Balaban J connectivity index is 1.74. The van der Waals surface area contributed by atoms with Crippen LogP contribution in [0.1, 0.15) is 11.1 Å². The van der Waals surface area contributed by atoms with Crippen LogP contribution in [-0.2, 0) is 0 Å². The third-order valence-electron chi connectivity index (χ3n) is 3.07. The van der Waals surface area contributed by atoms with Crippen LogP contribution in [0.2, 0.25) is 0 Å². The molecule has 1 aliphatic rings. The summed E-state index contributed by atoms with van der Waals surface area (Å²) in [4.78, 5) is 4.40. The van der Waals surface area contributed by atoms with Gasteiger partial charge in [0.05, 0.1) is 11.4 Å². The highest BCUT2D eigenvalue weighted by atomic mass is 32.2. The Morgan fingerprint density at radius 1 is 1.10 bits per heavy atom. The molecule has 0 saturated heterocycles. The average Bonchev–Trinajstić information content (AvgIpc) is 2.51. The Labute approximate surface area is 127 Å². The molecule has 2 aromatic rings. The minimum Gasteiger partial charge on any atom is -0.255 e. The second kappa shape index (κ2) is 6.10. The summed E-state index contributed by atoms with van der Waals surface area (Å²) in [6.45, 7) is 2.06. The lowest BCUT2D eigenvalue weighted by atomic mass is 10.1. The van der Waals surface area contributed by atoms with Gasteiger partial charge in [-0.2, -0.15) is 5.10 Å². The number of aliphatic imine (C=N–C) groups is 1. The highest BCUT2D eigenvalue weighted by Crippen LogP contribution is 2.19. The zero-order valence-electron chi connectivity index (χ0n) is 11.5. The van der Waals surface area contributed by atoms with Gasteiger partial charge < -0.3 is 0 Å². The highest BCUT2D eigenvalue weighted by molar-refractivity contribution is 8.14. The predicted octanol–water partition coefficient (Wildman–Crippen LogP) is 3.86. The van der Waals surface area contributed by atoms with Crippen molar-refractivity contribution in [1.82, 2.24) is 5.43 Å². The third-order valence-corrected chi connectivity index (χ3v) is 3.95. The van der Waals surface area contributed by atoms with Crippen LogP contribution >= 0.6 is 11.8 Å². The van der Waals surface area contributed by atoms with Crippen molar-refractivity contribution in [3.05, 3.63) is 65.5 Å². The van der Waals surface area contributed by atoms with Crippen molar-refractivity contribution in [3.8, 4) is 0 Å². The van der Waals surface area contributed by atoms with E-state index in [1.807, 2.05) is 0 Å². The molecule has 5 heteroatoms. The van der Waals surface area contributed by atoms with Crippen molar-refractivity contribution in [2.24, 2.45) is 10.1 Å². The number of benzene rings is 2. The molecule has 1 aliphatic heterocycles. The van der Waals surface area contributed by atoms with Gasteiger partial charge in [0.25, 0.3) is 0 Å². The molecule has 0 unspecified atom stereocenters. The zero-order valence-corrected chi connectivity index (χ0v) is 12.3. The first-order valence-electron chi connectivity index (χ1n) is 6.57. The maximum Gasteiger partial charge on any atom is 0.182 e. The van der Waals surface area contributed by atoms with Crippen molar-refractivity contribution in [2.45, 2.75) is 6.92 Å². The van der Waals surface area contributed by atoms with Gasteiger partial charge in [-0.1, -0.05) is 41.6 Å². The van der Waals surface area contributed by atoms with Gasteiger partial charge in [0, 0.05) is 5.75 Å². The number of hydrazone groups is 1. The molecular formula is C16H14FN3S. The van der Waals surface area contributed by atoms with Crippen LogP contribution in [0.3, 0.4) is 0 Å². The summed E-state index contributed by atoms with van der Waals surface area (Å²) < 4.78 is 12.8. The highest BCUT2D eigenvalue weighted by Gasteiger charge is 2.12. The van der Waals surface area contributed by atoms with Crippen LogP contribution in [-0.4, -0.2) is 16.6 Å². The lowest BCUT2D eigenvalue weighted by Gasteiger charge is -2.14. The molecular weight excluding hydrogens is 285 g/mol. The number of halogens is 1. The Hall–Kier alpha value is -2.14. The molecule has 0 radical (unpaired) electrons. The first kappa shape index (κ1) is 13.8. The number of hydrogen-bond donors (Lipinski definition) is 1. The van der Waals surface area contributed by atoms with Crippen molar-refractivity contribution < 1.29 is 4.39 Å². The zero-order chi connectivity index (χ0) is 14.7. The summed E-state index contributed by atoms with van der Waals surface area (Å²) in [7, 11) is 0. The molecule has 0 spiro atoms. The number of hydrogen-bond acceptors (Lipinski definition) is 3. The van der Waals surface area contributed by atoms with Crippen LogP contribution < -0.4 is 5.43 Å². The monoisotopic (exact) mass is 299 g/mol. The van der Waals surface area contributed by atoms with Crippen LogP contribution in [0.5, 0.6) is 0 Å². The summed E-state index contributed by atoms with van der Waals surface area (Å²) in [6.07, 6.45) is 0. The van der Waals surface area contributed by atoms with Crippen molar-refractivity contribution >= 4 is 28.3 Å². The van der Waals surface area contributed by atoms with Gasteiger partial charge in [-0.05, 0) is 36.8 Å². The number of amidine groups is 1. The van der Waals surface area contributed by atoms with E-state index in [-0.39, 0.29) is 5.82 Å². The smallest absolute Gasteiger partial charge is 0.182 e. The molecule has 1 N–H and O–H groups in total. The average molecular weight is 299 g/mol. The minimum absolute atomic E-state index is 0.261. The molecule has 0 aliphatic carbocycles. The maximum atomic E-state index is 12.8.